The highest BCUT2D eigenvalue weighted by Gasteiger charge is 2.15. The number of ether oxygens (including phenoxy) is 2. The fourth-order valence-corrected chi connectivity index (χ4v) is 3.86. The number of amides is 2. The maximum absolute atomic E-state index is 13.4. The van der Waals surface area contributed by atoms with E-state index in [9.17, 15) is 9.59 Å². The lowest BCUT2D eigenvalue weighted by Crippen LogP contribution is -2.24. The summed E-state index contributed by atoms with van der Waals surface area (Å²) in [4.78, 5) is 26.0. The van der Waals surface area contributed by atoms with Gasteiger partial charge < -0.3 is 25.8 Å². The van der Waals surface area contributed by atoms with Crippen LogP contribution in [-0.4, -0.2) is 26.0 Å². The summed E-state index contributed by atoms with van der Waals surface area (Å²) in [6, 6.07) is 29.1. The number of nitrogen functional groups attached to an aromatic ring is 1. The maximum Gasteiger partial charge on any atom is 0.255 e. The first kappa shape index (κ1) is 26.0. The van der Waals surface area contributed by atoms with Crippen LogP contribution in [0.25, 0.3) is 11.6 Å². The summed E-state index contributed by atoms with van der Waals surface area (Å²) < 4.78 is 10.8. The van der Waals surface area contributed by atoms with Gasteiger partial charge in [0.25, 0.3) is 11.8 Å². The van der Waals surface area contributed by atoms with E-state index in [-0.39, 0.29) is 18.4 Å². The number of para-hydroxylation sites is 2. The van der Waals surface area contributed by atoms with Gasteiger partial charge in [0.05, 0.1) is 25.6 Å². The number of carbonyl (C=O) groups is 2. The van der Waals surface area contributed by atoms with Gasteiger partial charge in [-0.25, -0.2) is 0 Å². The van der Waals surface area contributed by atoms with Gasteiger partial charge in [-0.05, 0) is 59.2 Å². The van der Waals surface area contributed by atoms with E-state index in [1.165, 1.54) is 0 Å². The molecule has 0 fully saturated rings. The zero-order chi connectivity index (χ0) is 26.9. The Kier molecular flexibility index (Phi) is 8.41. The minimum absolute atomic E-state index is 0.248. The van der Waals surface area contributed by atoms with Gasteiger partial charge in [-0.2, -0.15) is 0 Å². The average molecular weight is 508 g/mol. The molecule has 0 radical (unpaired) electrons. The zero-order valence-electron chi connectivity index (χ0n) is 21.2. The smallest absolute Gasteiger partial charge is 0.255 e. The highest BCUT2D eigenvalue weighted by molar-refractivity contribution is 6.24. The van der Waals surface area contributed by atoms with Crippen LogP contribution in [0.4, 0.5) is 11.4 Å². The first-order chi connectivity index (χ1) is 18.5. The number of hydrogen-bond donors (Lipinski definition) is 3. The van der Waals surface area contributed by atoms with Gasteiger partial charge in [0, 0.05) is 17.7 Å². The number of nitrogens with two attached hydrogens (primary N) is 1. The Labute approximate surface area is 221 Å². The summed E-state index contributed by atoms with van der Waals surface area (Å²) in [5.74, 6) is 0.597. The number of rotatable bonds is 9. The van der Waals surface area contributed by atoms with Crippen molar-refractivity contribution < 1.29 is 19.1 Å². The minimum atomic E-state index is -0.264. The standard InChI is InChI=1S/C31H29N3O4/c1-37-28-17-16-24(19-29(28)38-2)25(18-21-8-4-3-5-9-21)31(36)33-20-22-12-14-23(15-13-22)30(35)34-27-11-7-6-10-26(27)32/h3-19H,20,32H2,1-2H3,(H,33,36)(H,34,35)/b25-18+. The third kappa shape index (κ3) is 6.39. The number of anilines is 2. The van der Waals surface area contributed by atoms with E-state index in [2.05, 4.69) is 10.6 Å². The second-order valence-electron chi connectivity index (χ2n) is 8.46. The van der Waals surface area contributed by atoms with Crippen molar-refractivity contribution in [1.82, 2.24) is 5.32 Å². The molecule has 4 aromatic rings. The van der Waals surface area contributed by atoms with Crippen LogP contribution in [0.2, 0.25) is 0 Å². The van der Waals surface area contributed by atoms with Gasteiger partial charge in [0.15, 0.2) is 11.5 Å². The molecule has 0 heterocycles. The summed E-state index contributed by atoms with van der Waals surface area (Å²) in [7, 11) is 3.12. The van der Waals surface area contributed by atoms with Crippen LogP contribution in [0, 0.1) is 0 Å². The first-order valence-electron chi connectivity index (χ1n) is 12.0. The third-order valence-electron chi connectivity index (χ3n) is 5.93. The fourth-order valence-electron chi connectivity index (χ4n) is 3.86. The number of methoxy groups -OCH3 is 2. The molecule has 192 valence electrons. The molecule has 4 N–H and O–H groups in total. The topological polar surface area (TPSA) is 103 Å². The van der Waals surface area contributed by atoms with Crippen molar-refractivity contribution in [2.24, 2.45) is 0 Å². The zero-order valence-corrected chi connectivity index (χ0v) is 21.2. The second kappa shape index (κ2) is 12.3. The van der Waals surface area contributed by atoms with E-state index in [1.807, 2.05) is 42.5 Å². The van der Waals surface area contributed by atoms with Crippen molar-refractivity contribution >= 4 is 34.8 Å². The second-order valence-corrected chi connectivity index (χ2v) is 8.46. The third-order valence-corrected chi connectivity index (χ3v) is 5.93. The molecule has 0 aromatic heterocycles. The average Bonchev–Trinajstić information content (AvgIpc) is 2.96. The molecule has 7 nitrogen and oxygen atoms in total. The van der Waals surface area contributed by atoms with E-state index in [0.29, 0.717) is 39.6 Å². The Balaban J connectivity index is 1.49. The SMILES string of the molecule is COc1ccc(/C(=C\c2ccccc2)C(=O)NCc2ccc(C(=O)Nc3ccccc3N)cc2)cc1OC. The highest BCUT2D eigenvalue weighted by atomic mass is 16.5. The van der Waals surface area contributed by atoms with Crippen LogP contribution >= 0.6 is 0 Å². The van der Waals surface area contributed by atoms with Gasteiger partial charge in [0.2, 0.25) is 0 Å². The fraction of sp³-hybridized carbons (Fsp3) is 0.0968. The van der Waals surface area contributed by atoms with E-state index in [4.69, 9.17) is 15.2 Å². The minimum Gasteiger partial charge on any atom is -0.493 e. The van der Waals surface area contributed by atoms with Gasteiger partial charge in [-0.1, -0.05) is 60.7 Å². The molecular formula is C31H29N3O4. The molecule has 2 amide bonds. The van der Waals surface area contributed by atoms with Crippen LogP contribution in [0.1, 0.15) is 27.0 Å². The van der Waals surface area contributed by atoms with Crippen molar-refractivity contribution in [1.29, 1.82) is 0 Å². The molecule has 0 saturated heterocycles. The summed E-state index contributed by atoms with van der Waals surface area (Å²) in [6.07, 6.45) is 1.83. The van der Waals surface area contributed by atoms with Crippen molar-refractivity contribution in [3.05, 3.63) is 119 Å². The largest absolute Gasteiger partial charge is 0.493 e. The molecule has 4 aromatic carbocycles. The predicted molar refractivity (Wildman–Crippen MR) is 151 cm³/mol. The molecule has 0 saturated carbocycles. The summed E-state index contributed by atoms with van der Waals surface area (Å²) in [5.41, 5.74) is 10.4. The lowest BCUT2D eigenvalue weighted by molar-refractivity contribution is -0.115. The maximum atomic E-state index is 13.4. The monoisotopic (exact) mass is 507 g/mol. The molecule has 0 atom stereocenters. The van der Waals surface area contributed by atoms with Crippen molar-refractivity contribution in [2.75, 3.05) is 25.3 Å². The molecular weight excluding hydrogens is 478 g/mol. The van der Waals surface area contributed by atoms with Crippen LogP contribution in [-0.2, 0) is 11.3 Å². The number of hydrogen-bond acceptors (Lipinski definition) is 5. The number of benzene rings is 4. The van der Waals surface area contributed by atoms with Gasteiger partial charge in [-0.3, -0.25) is 9.59 Å². The molecule has 4 rings (SSSR count). The lowest BCUT2D eigenvalue weighted by atomic mass is 10.0. The molecule has 7 heteroatoms. The predicted octanol–water partition coefficient (Wildman–Crippen LogP) is 5.40. The van der Waals surface area contributed by atoms with E-state index < -0.39 is 0 Å². The molecule has 0 aliphatic carbocycles. The Morgan fingerprint density at radius 3 is 2.13 bits per heavy atom. The van der Waals surface area contributed by atoms with Crippen LogP contribution in [0.15, 0.2) is 97.1 Å². The molecule has 0 aliphatic rings. The molecule has 0 bridgehead atoms. The molecule has 0 aliphatic heterocycles. The highest BCUT2D eigenvalue weighted by Crippen LogP contribution is 2.31. The van der Waals surface area contributed by atoms with Crippen LogP contribution < -0.4 is 25.8 Å². The van der Waals surface area contributed by atoms with Gasteiger partial charge in [-0.15, -0.1) is 0 Å². The first-order valence-corrected chi connectivity index (χ1v) is 12.0. The van der Waals surface area contributed by atoms with Crippen LogP contribution in [0.5, 0.6) is 11.5 Å². The lowest BCUT2D eigenvalue weighted by Gasteiger charge is -2.13. The van der Waals surface area contributed by atoms with Gasteiger partial charge >= 0.3 is 0 Å². The van der Waals surface area contributed by atoms with Gasteiger partial charge in [0.1, 0.15) is 0 Å². The normalized spacial score (nSPS) is 10.9. The van der Waals surface area contributed by atoms with Crippen molar-refractivity contribution in [2.45, 2.75) is 6.54 Å². The van der Waals surface area contributed by atoms with Crippen molar-refractivity contribution in [3.8, 4) is 11.5 Å². The number of carbonyl (C=O) groups excluding carboxylic acids is 2. The number of nitrogens with one attached hydrogen (secondary N) is 2. The van der Waals surface area contributed by atoms with Crippen molar-refractivity contribution in [3.63, 3.8) is 0 Å². The van der Waals surface area contributed by atoms with E-state index in [1.54, 1.807) is 74.9 Å². The molecule has 38 heavy (non-hydrogen) atoms. The Morgan fingerprint density at radius 2 is 1.45 bits per heavy atom. The molecule has 0 unspecified atom stereocenters. The summed E-state index contributed by atoms with van der Waals surface area (Å²) >= 11 is 0. The summed E-state index contributed by atoms with van der Waals surface area (Å²) in [5, 5.41) is 5.79. The Bertz CT molecular complexity index is 1450. The van der Waals surface area contributed by atoms with E-state index >= 15 is 0 Å². The summed E-state index contributed by atoms with van der Waals surface area (Å²) in [6.45, 7) is 0.284. The Hall–Kier alpha value is -5.04. The van der Waals surface area contributed by atoms with Crippen LogP contribution in [0.3, 0.4) is 0 Å². The van der Waals surface area contributed by atoms with E-state index in [0.717, 1.165) is 11.1 Å². The Morgan fingerprint density at radius 1 is 0.789 bits per heavy atom. The molecule has 0 spiro atoms. The quantitative estimate of drug-likeness (QED) is 0.160.